The predicted octanol–water partition coefficient (Wildman–Crippen LogP) is 2.84. The molecule has 4 rings (SSSR count). The maximum atomic E-state index is 5.49. The van der Waals surface area contributed by atoms with Gasteiger partial charge in [-0.25, -0.2) is 9.97 Å². The molecule has 0 aromatic carbocycles. The van der Waals surface area contributed by atoms with Gasteiger partial charge >= 0.3 is 0 Å². The van der Waals surface area contributed by atoms with Crippen molar-refractivity contribution < 1.29 is 4.74 Å². The van der Waals surface area contributed by atoms with E-state index in [-0.39, 0.29) is 0 Å². The SMILES string of the molecule is c1cncc(-c2nc3cccnc3n2C2CCOCC2)c1. The number of hydrogen-bond donors (Lipinski definition) is 0. The zero-order chi connectivity index (χ0) is 14.1. The summed E-state index contributed by atoms with van der Waals surface area (Å²) in [7, 11) is 0. The number of ether oxygens (including phenoxy) is 1. The molecule has 21 heavy (non-hydrogen) atoms. The fraction of sp³-hybridized carbons (Fsp3) is 0.312. The van der Waals surface area contributed by atoms with E-state index in [1.165, 1.54) is 0 Å². The summed E-state index contributed by atoms with van der Waals surface area (Å²) in [6.07, 6.45) is 7.46. The van der Waals surface area contributed by atoms with Crippen LogP contribution >= 0.6 is 0 Å². The minimum Gasteiger partial charge on any atom is -0.381 e. The molecule has 0 radical (unpaired) electrons. The second-order valence-electron chi connectivity index (χ2n) is 5.24. The van der Waals surface area contributed by atoms with Gasteiger partial charge in [-0.3, -0.25) is 4.98 Å². The Morgan fingerprint density at radius 3 is 2.76 bits per heavy atom. The summed E-state index contributed by atoms with van der Waals surface area (Å²) < 4.78 is 7.75. The van der Waals surface area contributed by atoms with E-state index in [0.29, 0.717) is 6.04 Å². The van der Waals surface area contributed by atoms with Crippen LogP contribution in [0.25, 0.3) is 22.6 Å². The Morgan fingerprint density at radius 1 is 1.10 bits per heavy atom. The van der Waals surface area contributed by atoms with Crippen molar-refractivity contribution in [3.8, 4) is 11.4 Å². The van der Waals surface area contributed by atoms with Gasteiger partial charge in [0.2, 0.25) is 0 Å². The Hall–Kier alpha value is -2.27. The van der Waals surface area contributed by atoms with Crippen LogP contribution < -0.4 is 0 Å². The lowest BCUT2D eigenvalue weighted by molar-refractivity contribution is 0.0708. The van der Waals surface area contributed by atoms with E-state index in [9.17, 15) is 0 Å². The normalized spacial score (nSPS) is 16.4. The van der Waals surface area contributed by atoms with Gasteiger partial charge in [0.05, 0.1) is 0 Å². The monoisotopic (exact) mass is 280 g/mol. The highest BCUT2D eigenvalue weighted by atomic mass is 16.5. The van der Waals surface area contributed by atoms with Gasteiger partial charge in [-0.1, -0.05) is 0 Å². The molecular weight excluding hydrogens is 264 g/mol. The Balaban J connectivity index is 1.92. The van der Waals surface area contributed by atoms with Crippen molar-refractivity contribution in [3.63, 3.8) is 0 Å². The summed E-state index contributed by atoms with van der Waals surface area (Å²) in [6, 6.07) is 8.31. The van der Waals surface area contributed by atoms with Crippen LogP contribution in [0, 0.1) is 0 Å². The molecular formula is C16H16N4O. The Bertz CT molecular complexity index is 747. The third-order valence-corrected chi connectivity index (χ3v) is 3.92. The van der Waals surface area contributed by atoms with Crippen molar-refractivity contribution in [1.29, 1.82) is 0 Å². The molecule has 106 valence electrons. The number of nitrogens with zero attached hydrogens (tertiary/aromatic N) is 4. The lowest BCUT2D eigenvalue weighted by Crippen LogP contribution is -2.20. The highest BCUT2D eigenvalue weighted by Crippen LogP contribution is 2.31. The van der Waals surface area contributed by atoms with E-state index < -0.39 is 0 Å². The Kier molecular flexibility index (Phi) is 3.12. The first-order valence-electron chi connectivity index (χ1n) is 7.24. The second kappa shape index (κ2) is 5.26. The fourth-order valence-corrected chi connectivity index (χ4v) is 2.92. The lowest BCUT2D eigenvalue weighted by Gasteiger charge is -2.25. The average molecular weight is 280 g/mol. The molecule has 1 aliphatic heterocycles. The number of aromatic nitrogens is 4. The zero-order valence-electron chi connectivity index (χ0n) is 11.6. The molecule has 5 nitrogen and oxygen atoms in total. The molecule has 3 aromatic rings. The van der Waals surface area contributed by atoms with Crippen molar-refractivity contribution in [2.24, 2.45) is 0 Å². The highest BCUT2D eigenvalue weighted by Gasteiger charge is 2.23. The van der Waals surface area contributed by atoms with Crippen molar-refractivity contribution in [3.05, 3.63) is 42.9 Å². The van der Waals surface area contributed by atoms with Crippen LogP contribution in [-0.2, 0) is 4.74 Å². The first-order valence-corrected chi connectivity index (χ1v) is 7.24. The molecule has 0 N–H and O–H groups in total. The number of pyridine rings is 2. The molecule has 0 unspecified atom stereocenters. The van der Waals surface area contributed by atoms with Crippen LogP contribution in [0.15, 0.2) is 42.9 Å². The third-order valence-electron chi connectivity index (χ3n) is 3.92. The Morgan fingerprint density at radius 2 is 1.95 bits per heavy atom. The number of imidazole rings is 1. The van der Waals surface area contributed by atoms with Crippen LogP contribution in [-0.4, -0.2) is 32.7 Å². The largest absolute Gasteiger partial charge is 0.381 e. The standard InChI is InChI=1S/C16H16N4O/c1-3-12(11-17-7-1)15-19-14-4-2-8-18-16(14)20(15)13-5-9-21-10-6-13/h1-4,7-8,11,13H,5-6,9-10H2. The van der Waals surface area contributed by atoms with Gasteiger partial charge in [0.15, 0.2) is 5.65 Å². The van der Waals surface area contributed by atoms with Crippen molar-refractivity contribution in [2.45, 2.75) is 18.9 Å². The maximum Gasteiger partial charge on any atom is 0.160 e. The van der Waals surface area contributed by atoms with Gasteiger partial charge in [0, 0.05) is 43.4 Å². The molecule has 3 aromatic heterocycles. The van der Waals surface area contributed by atoms with E-state index in [4.69, 9.17) is 9.72 Å². The highest BCUT2D eigenvalue weighted by molar-refractivity contribution is 5.77. The molecule has 1 saturated heterocycles. The minimum absolute atomic E-state index is 0.383. The summed E-state index contributed by atoms with van der Waals surface area (Å²) >= 11 is 0. The summed E-state index contributed by atoms with van der Waals surface area (Å²) in [5.41, 5.74) is 2.91. The van der Waals surface area contributed by atoms with Crippen molar-refractivity contribution >= 4 is 11.2 Å². The molecule has 0 aliphatic carbocycles. The van der Waals surface area contributed by atoms with E-state index in [0.717, 1.165) is 48.6 Å². The van der Waals surface area contributed by atoms with E-state index >= 15 is 0 Å². The molecule has 0 spiro atoms. The van der Waals surface area contributed by atoms with Crippen LogP contribution in [0.3, 0.4) is 0 Å². The first-order chi connectivity index (χ1) is 10.4. The van der Waals surface area contributed by atoms with Crippen molar-refractivity contribution in [2.75, 3.05) is 13.2 Å². The number of fused-ring (bicyclic) bond motifs is 1. The fourth-order valence-electron chi connectivity index (χ4n) is 2.92. The summed E-state index contributed by atoms with van der Waals surface area (Å²) in [5.74, 6) is 0.948. The van der Waals surface area contributed by atoms with Gasteiger partial charge in [0.1, 0.15) is 11.3 Å². The lowest BCUT2D eigenvalue weighted by atomic mass is 10.1. The second-order valence-corrected chi connectivity index (χ2v) is 5.24. The molecule has 1 fully saturated rings. The molecule has 0 amide bonds. The average Bonchev–Trinajstić information content (AvgIpc) is 2.96. The molecule has 0 atom stereocenters. The molecule has 4 heterocycles. The zero-order valence-corrected chi connectivity index (χ0v) is 11.6. The molecule has 0 saturated carbocycles. The van der Waals surface area contributed by atoms with E-state index in [1.807, 2.05) is 36.7 Å². The van der Waals surface area contributed by atoms with Crippen LogP contribution in [0.5, 0.6) is 0 Å². The quantitative estimate of drug-likeness (QED) is 0.724. The van der Waals surface area contributed by atoms with Crippen LogP contribution in [0.4, 0.5) is 0 Å². The minimum atomic E-state index is 0.383. The molecule has 1 aliphatic rings. The van der Waals surface area contributed by atoms with Gasteiger partial charge in [0.25, 0.3) is 0 Å². The van der Waals surface area contributed by atoms with Crippen molar-refractivity contribution in [1.82, 2.24) is 19.5 Å². The van der Waals surface area contributed by atoms with Crippen LogP contribution in [0.1, 0.15) is 18.9 Å². The first kappa shape index (κ1) is 12.5. The van der Waals surface area contributed by atoms with E-state index in [1.54, 1.807) is 6.20 Å². The van der Waals surface area contributed by atoms with Gasteiger partial charge in [-0.05, 0) is 37.1 Å². The van der Waals surface area contributed by atoms with Gasteiger partial charge in [-0.2, -0.15) is 0 Å². The van der Waals surface area contributed by atoms with Gasteiger partial charge in [-0.15, -0.1) is 0 Å². The smallest absolute Gasteiger partial charge is 0.160 e. The number of hydrogen-bond acceptors (Lipinski definition) is 4. The summed E-state index contributed by atoms with van der Waals surface area (Å²) in [6.45, 7) is 1.59. The summed E-state index contributed by atoms with van der Waals surface area (Å²) in [4.78, 5) is 13.5. The molecule has 5 heteroatoms. The van der Waals surface area contributed by atoms with Crippen LogP contribution in [0.2, 0.25) is 0 Å². The third kappa shape index (κ3) is 2.19. The Labute approximate surface area is 122 Å². The maximum absolute atomic E-state index is 5.49. The summed E-state index contributed by atoms with van der Waals surface area (Å²) in [5, 5.41) is 0. The topological polar surface area (TPSA) is 52.8 Å². The number of rotatable bonds is 2. The van der Waals surface area contributed by atoms with Gasteiger partial charge < -0.3 is 9.30 Å². The van der Waals surface area contributed by atoms with E-state index in [2.05, 4.69) is 14.5 Å². The predicted molar refractivity (Wildman–Crippen MR) is 79.8 cm³/mol. The molecule has 0 bridgehead atoms.